The van der Waals surface area contributed by atoms with Crippen molar-refractivity contribution in [3.8, 4) is 28.7 Å². The number of aromatic hydroxyl groups is 2. The number of anilines is 1. The van der Waals surface area contributed by atoms with E-state index < -0.39 is 60.3 Å². The molecule has 4 heterocycles. The highest BCUT2D eigenvalue weighted by Crippen LogP contribution is 2.70. The molecule has 18 nitrogen and oxygen atoms in total. The molecule has 4 aliphatic heterocycles. The smallest absolute Gasteiger partial charge is 0.340 e. The van der Waals surface area contributed by atoms with Crippen LogP contribution in [0.2, 0.25) is 5.02 Å². The standard InChI is InChI=1S/C55H54ClN3O15S/c1-68-55(54(73-74-55)31-16-27-15-28(18-31)19-32(54)17-27)40-20-29(21-43(45(40)56)70-51-48(65)47(64)46(63)44(25-60)71-51)14-26-2-4-30(5-3-26)49(66)57-12-13-58-52(75)59-33-6-9-37-36(22-33)50(67)72-53(37)38-10-7-34(61)23-41(38)69-42-24-35(62)8-11-39(42)53/h2-11,20-24,27-28,31-32,44,46-48,51,60-65H,12-19,25H2,1H3,(H,57,66)(H2,58,59,75)/t27?,28?,31?,32?,44?,46-,47?,48-,51+,54?,55?/m0/s1. The number of nitrogens with one attached hydrogen (secondary N) is 3. The van der Waals surface area contributed by atoms with Gasteiger partial charge in [-0.05, 0) is 146 Å². The van der Waals surface area contributed by atoms with E-state index in [2.05, 4.69) is 16.0 Å². The summed E-state index contributed by atoms with van der Waals surface area (Å²) in [5, 5.41) is 71.8. The number of aliphatic hydroxyl groups excluding tert-OH is 4. The topological polar surface area (TPSA) is 256 Å². The zero-order chi connectivity index (χ0) is 52.1. The van der Waals surface area contributed by atoms with E-state index in [4.69, 9.17) is 57.3 Å². The predicted octanol–water partition coefficient (Wildman–Crippen LogP) is 5.76. The second kappa shape index (κ2) is 18.9. The second-order valence-corrected chi connectivity index (χ2v) is 21.4. The number of esters is 1. The number of carbonyl (C=O) groups excluding carboxylic acids is 2. The van der Waals surface area contributed by atoms with Gasteiger partial charge in [0.25, 0.3) is 11.7 Å². The van der Waals surface area contributed by atoms with E-state index in [1.165, 1.54) is 30.7 Å². The van der Waals surface area contributed by atoms with Crippen LogP contribution >= 0.6 is 23.8 Å². The summed E-state index contributed by atoms with van der Waals surface area (Å²) in [7, 11) is 1.57. The van der Waals surface area contributed by atoms with Crippen LogP contribution in [0.4, 0.5) is 5.69 Å². The van der Waals surface area contributed by atoms with Gasteiger partial charge in [-0.2, -0.15) is 4.89 Å². The predicted molar refractivity (Wildman–Crippen MR) is 270 cm³/mol. The SMILES string of the molecule is COC1(c2cc(Cc3ccc(C(=O)NCCNC(=S)Nc4ccc5c(c4)C(=O)OC54c5ccc(O)cc5Oc5cc(O)ccc54)cc3)cc(O[C@@H]3OC(CO)[C@H](O)C(O)[C@@H]3O)c2Cl)OOC12C1CC3CC(C1)CC2C3. The number of aliphatic hydroxyl groups is 4. The molecule has 4 saturated carbocycles. The Morgan fingerprint density at radius 2 is 1.41 bits per heavy atom. The first-order valence-corrected chi connectivity index (χ1v) is 25.8. The van der Waals surface area contributed by atoms with Gasteiger partial charge in [-0.15, -0.1) is 0 Å². The van der Waals surface area contributed by atoms with Crippen LogP contribution in [0.1, 0.15) is 86.2 Å². The molecule has 8 aliphatic rings. The zero-order valence-electron chi connectivity index (χ0n) is 40.4. The van der Waals surface area contributed by atoms with E-state index in [9.17, 15) is 40.2 Å². The van der Waals surface area contributed by atoms with Crippen LogP contribution < -0.4 is 25.4 Å². The Morgan fingerprint density at radius 1 is 0.760 bits per heavy atom. The number of methoxy groups -OCH3 is 1. The summed E-state index contributed by atoms with van der Waals surface area (Å²) in [5.41, 5.74) is 2.56. The summed E-state index contributed by atoms with van der Waals surface area (Å²) >= 11 is 12.8. The Labute approximate surface area is 440 Å². The van der Waals surface area contributed by atoms with Crippen LogP contribution in [0.15, 0.2) is 91.0 Å². The molecular weight excluding hydrogens is 1010 g/mol. The average molecular weight is 1060 g/mol. The maximum atomic E-state index is 13.6. The molecule has 0 radical (unpaired) electrons. The average Bonchev–Trinajstić information content (AvgIpc) is 3.67. The lowest BCUT2D eigenvalue weighted by molar-refractivity contribution is -0.645. The molecule has 20 heteroatoms. The van der Waals surface area contributed by atoms with Crippen LogP contribution in [0.5, 0.6) is 28.7 Å². The van der Waals surface area contributed by atoms with Crippen molar-refractivity contribution in [1.82, 2.24) is 10.6 Å². The Balaban J connectivity index is 0.713. The Bertz CT molecular complexity index is 3040. The summed E-state index contributed by atoms with van der Waals surface area (Å²) in [6.45, 7) is -0.150. The second-order valence-electron chi connectivity index (χ2n) is 20.7. The number of hydrogen-bond acceptors (Lipinski definition) is 16. The van der Waals surface area contributed by atoms with Gasteiger partial charge in [-0.3, -0.25) is 4.79 Å². The highest BCUT2D eigenvalue weighted by molar-refractivity contribution is 7.80. The summed E-state index contributed by atoms with van der Waals surface area (Å²) in [5.74, 6) is -0.184. The molecular formula is C55H54ClN3O15S. The molecule has 13 rings (SSSR count). The molecule has 4 bridgehead atoms. The van der Waals surface area contributed by atoms with Gasteiger partial charge in [0.15, 0.2) is 16.3 Å². The molecule has 6 atom stereocenters. The largest absolute Gasteiger partial charge is 0.508 e. The van der Waals surface area contributed by atoms with E-state index in [0.717, 1.165) is 31.2 Å². The number of ether oxygens (including phenoxy) is 5. The molecule has 4 aliphatic carbocycles. The van der Waals surface area contributed by atoms with E-state index in [1.54, 1.807) is 55.6 Å². The number of fused-ring (bicyclic) bond motifs is 6. The van der Waals surface area contributed by atoms with Crippen molar-refractivity contribution >= 4 is 46.5 Å². The Morgan fingerprint density at radius 3 is 2.04 bits per heavy atom. The van der Waals surface area contributed by atoms with Crippen molar-refractivity contribution in [2.75, 3.05) is 32.1 Å². The van der Waals surface area contributed by atoms with Gasteiger partial charge in [0, 0.05) is 65.8 Å². The number of amides is 1. The third-order valence-electron chi connectivity index (χ3n) is 16.3. The fourth-order valence-electron chi connectivity index (χ4n) is 13.1. The number of thiocarbonyl (C=S) groups is 1. The maximum Gasteiger partial charge on any atom is 0.340 e. The molecule has 6 fully saturated rings. The molecule has 392 valence electrons. The van der Waals surface area contributed by atoms with Gasteiger partial charge in [0.1, 0.15) is 53.2 Å². The van der Waals surface area contributed by atoms with Crippen molar-refractivity contribution in [2.24, 2.45) is 23.7 Å². The first-order chi connectivity index (χ1) is 36.1. The molecule has 5 aromatic carbocycles. The van der Waals surface area contributed by atoms with Crippen LogP contribution in [-0.4, -0.2) is 111 Å². The summed E-state index contributed by atoms with van der Waals surface area (Å²) in [6.07, 6.45) is -2.18. The fourth-order valence-corrected chi connectivity index (χ4v) is 13.6. The monoisotopic (exact) mass is 1060 g/mol. The first-order valence-electron chi connectivity index (χ1n) is 25.0. The molecule has 2 spiro atoms. The van der Waals surface area contributed by atoms with Gasteiger partial charge in [-0.1, -0.05) is 29.8 Å². The fraction of sp³-hybridized carbons (Fsp3) is 0.400. The van der Waals surface area contributed by atoms with Gasteiger partial charge in [-0.25, -0.2) is 9.68 Å². The Hall–Kier alpha value is -6.10. The summed E-state index contributed by atoms with van der Waals surface area (Å²) in [4.78, 5) is 39.3. The Kier molecular flexibility index (Phi) is 12.5. The lowest BCUT2D eigenvalue weighted by atomic mass is 9.47. The normalized spacial score (nSPS) is 30.1. The minimum Gasteiger partial charge on any atom is -0.508 e. The van der Waals surface area contributed by atoms with E-state index >= 15 is 0 Å². The zero-order valence-corrected chi connectivity index (χ0v) is 41.9. The lowest BCUT2D eigenvalue weighted by Gasteiger charge is -2.68. The number of benzene rings is 5. The third kappa shape index (κ3) is 8.01. The van der Waals surface area contributed by atoms with E-state index in [-0.39, 0.29) is 75.3 Å². The third-order valence-corrected chi connectivity index (χ3v) is 17.0. The molecule has 5 aromatic rings. The number of rotatable bonds is 12. The van der Waals surface area contributed by atoms with E-state index in [0.29, 0.717) is 57.3 Å². The maximum absolute atomic E-state index is 13.6. The summed E-state index contributed by atoms with van der Waals surface area (Å²) in [6, 6.07) is 24.9. The number of halogens is 1. The molecule has 9 N–H and O–H groups in total. The highest BCUT2D eigenvalue weighted by Gasteiger charge is 2.77. The van der Waals surface area contributed by atoms with Crippen LogP contribution in [0.25, 0.3) is 0 Å². The van der Waals surface area contributed by atoms with Gasteiger partial charge >= 0.3 is 5.97 Å². The molecule has 3 unspecified atom stereocenters. The van der Waals surface area contributed by atoms with Gasteiger partial charge in [0.05, 0.1) is 17.2 Å². The first kappa shape index (κ1) is 49.8. The van der Waals surface area contributed by atoms with Gasteiger partial charge < -0.3 is 70.3 Å². The van der Waals surface area contributed by atoms with E-state index in [1.807, 2.05) is 18.2 Å². The quantitative estimate of drug-likeness (QED) is 0.0312. The van der Waals surface area contributed by atoms with Crippen molar-refractivity contribution in [3.05, 3.63) is 141 Å². The lowest BCUT2D eigenvalue weighted by Crippen LogP contribution is -2.76. The highest BCUT2D eigenvalue weighted by atomic mass is 35.5. The van der Waals surface area contributed by atoms with Crippen LogP contribution in [-0.2, 0) is 41.8 Å². The minimum absolute atomic E-state index is 0.0432. The van der Waals surface area contributed by atoms with Crippen molar-refractivity contribution in [1.29, 1.82) is 0 Å². The molecule has 1 amide bonds. The van der Waals surface area contributed by atoms with Gasteiger partial charge in [0.2, 0.25) is 6.29 Å². The van der Waals surface area contributed by atoms with Crippen molar-refractivity contribution < 1.29 is 73.7 Å². The number of carbonyl (C=O) groups is 2. The van der Waals surface area contributed by atoms with Crippen LogP contribution in [0, 0.1) is 23.7 Å². The van der Waals surface area contributed by atoms with Crippen molar-refractivity contribution in [2.45, 2.75) is 86.2 Å². The molecule has 0 aromatic heterocycles. The number of hydrogen-bond donors (Lipinski definition) is 9. The van der Waals surface area contributed by atoms with Crippen LogP contribution in [0.3, 0.4) is 0 Å². The minimum atomic E-state index is -1.69. The molecule has 2 saturated heterocycles. The number of phenolic OH excluding ortho intramolecular Hbond substituents is 2. The van der Waals surface area contributed by atoms with Crippen molar-refractivity contribution in [3.63, 3.8) is 0 Å². The summed E-state index contributed by atoms with van der Waals surface area (Å²) < 4.78 is 30.6. The molecule has 75 heavy (non-hydrogen) atoms. The number of phenols is 2.